The number of likely N-dealkylation sites (N-methyl/N-ethyl adjacent to an activating group) is 1. The Morgan fingerprint density at radius 2 is 2.11 bits per heavy atom. The summed E-state index contributed by atoms with van der Waals surface area (Å²) in [6.07, 6.45) is 4.41. The van der Waals surface area contributed by atoms with E-state index in [0.29, 0.717) is 6.04 Å². The molecule has 2 heterocycles. The molecule has 0 saturated carbocycles. The third-order valence-corrected chi connectivity index (χ3v) is 4.41. The lowest BCUT2D eigenvalue weighted by atomic mass is 9.98. The molecular weight excluding hydrogens is 246 g/mol. The van der Waals surface area contributed by atoms with Gasteiger partial charge in [-0.3, -0.25) is 0 Å². The van der Waals surface area contributed by atoms with Crippen LogP contribution in [0.25, 0.3) is 0 Å². The highest BCUT2D eigenvalue weighted by atomic mass is 16.4. The molecule has 2 rings (SSSR count). The molecule has 3 atom stereocenters. The zero-order chi connectivity index (χ0) is 14.0. The highest BCUT2D eigenvalue weighted by Gasteiger charge is 2.33. The van der Waals surface area contributed by atoms with Gasteiger partial charge >= 0.3 is 12.0 Å². The molecule has 2 fully saturated rings. The zero-order valence-corrected chi connectivity index (χ0v) is 11.6. The maximum Gasteiger partial charge on any atom is 0.326 e. The molecule has 2 aliphatic rings. The number of rotatable bonds is 3. The van der Waals surface area contributed by atoms with Gasteiger partial charge in [0.05, 0.1) is 0 Å². The van der Waals surface area contributed by atoms with Gasteiger partial charge in [0.15, 0.2) is 0 Å². The first-order valence-electron chi connectivity index (χ1n) is 6.99. The molecule has 0 aromatic rings. The molecule has 2 N–H and O–H groups in total. The van der Waals surface area contributed by atoms with Crippen LogP contribution in [0.3, 0.4) is 0 Å². The maximum atomic E-state index is 12.0. The minimum atomic E-state index is -0.983. The predicted molar refractivity (Wildman–Crippen MR) is 71.0 cm³/mol. The van der Waals surface area contributed by atoms with E-state index in [4.69, 9.17) is 5.11 Å². The minimum Gasteiger partial charge on any atom is -0.480 e. The second-order valence-electron chi connectivity index (χ2n) is 5.63. The van der Waals surface area contributed by atoms with E-state index in [9.17, 15) is 9.59 Å². The van der Waals surface area contributed by atoms with E-state index in [1.54, 1.807) is 0 Å². The average Bonchev–Trinajstić information content (AvgIpc) is 2.84. The van der Waals surface area contributed by atoms with Crippen molar-refractivity contribution in [3.05, 3.63) is 0 Å². The lowest BCUT2D eigenvalue weighted by Gasteiger charge is -2.36. The van der Waals surface area contributed by atoms with Gasteiger partial charge in [0, 0.05) is 25.7 Å². The smallest absolute Gasteiger partial charge is 0.326 e. The quantitative estimate of drug-likeness (QED) is 0.792. The number of nitrogens with one attached hydrogen (secondary N) is 1. The Morgan fingerprint density at radius 1 is 1.37 bits per heavy atom. The summed E-state index contributed by atoms with van der Waals surface area (Å²) in [7, 11) is 1.53. The largest absolute Gasteiger partial charge is 0.480 e. The van der Waals surface area contributed by atoms with Gasteiger partial charge < -0.3 is 20.2 Å². The molecule has 2 amide bonds. The molecule has 0 aliphatic carbocycles. The SMILES string of the molecule is CC(C(=O)O)N(C)C(=O)NC1CCN2CCCC2C1. The fourth-order valence-corrected chi connectivity index (χ4v) is 2.97. The number of fused-ring (bicyclic) bond motifs is 1. The Morgan fingerprint density at radius 3 is 2.79 bits per heavy atom. The van der Waals surface area contributed by atoms with E-state index in [1.807, 2.05) is 0 Å². The van der Waals surface area contributed by atoms with Gasteiger partial charge in [-0.05, 0) is 39.2 Å². The lowest BCUT2D eigenvalue weighted by Crippen LogP contribution is -2.52. The number of hydrogen-bond donors (Lipinski definition) is 2. The molecule has 108 valence electrons. The number of carboxylic acids is 1. The first-order chi connectivity index (χ1) is 8.99. The molecule has 0 radical (unpaired) electrons. The first-order valence-corrected chi connectivity index (χ1v) is 6.99. The molecular formula is C13H23N3O3. The number of carboxylic acid groups (broad SMARTS) is 1. The number of aliphatic carboxylic acids is 1. The van der Waals surface area contributed by atoms with E-state index >= 15 is 0 Å². The Balaban J connectivity index is 1.84. The summed E-state index contributed by atoms with van der Waals surface area (Å²) in [6, 6.07) is -0.311. The molecule has 6 heteroatoms. The summed E-state index contributed by atoms with van der Waals surface area (Å²) in [5.74, 6) is -0.983. The number of amides is 2. The average molecular weight is 269 g/mol. The second kappa shape index (κ2) is 5.77. The normalized spacial score (nSPS) is 28.5. The van der Waals surface area contributed by atoms with Crippen LogP contribution in [0.15, 0.2) is 0 Å². The molecule has 2 saturated heterocycles. The Labute approximate surface area is 113 Å². The highest BCUT2D eigenvalue weighted by Crippen LogP contribution is 2.26. The third kappa shape index (κ3) is 3.18. The van der Waals surface area contributed by atoms with E-state index < -0.39 is 12.0 Å². The summed E-state index contributed by atoms with van der Waals surface area (Å²) in [5, 5.41) is 11.9. The van der Waals surface area contributed by atoms with Crippen LogP contribution in [0.4, 0.5) is 4.79 Å². The number of carbonyl (C=O) groups excluding carboxylic acids is 1. The van der Waals surface area contributed by atoms with Crippen LogP contribution in [0.5, 0.6) is 0 Å². The summed E-state index contributed by atoms with van der Waals surface area (Å²) in [6.45, 7) is 3.73. The van der Waals surface area contributed by atoms with Crippen LogP contribution >= 0.6 is 0 Å². The zero-order valence-electron chi connectivity index (χ0n) is 11.6. The number of urea groups is 1. The summed E-state index contributed by atoms with van der Waals surface area (Å²) >= 11 is 0. The topological polar surface area (TPSA) is 72.9 Å². The van der Waals surface area contributed by atoms with Gasteiger partial charge in [0.1, 0.15) is 6.04 Å². The van der Waals surface area contributed by atoms with Crippen LogP contribution in [-0.2, 0) is 4.79 Å². The third-order valence-electron chi connectivity index (χ3n) is 4.41. The fraction of sp³-hybridized carbons (Fsp3) is 0.846. The fourth-order valence-electron chi connectivity index (χ4n) is 2.97. The first kappa shape index (κ1) is 14.1. The summed E-state index contributed by atoms with van der Waals surface area (Å²) in [4.78, 5) is 26.6. The van der Waals surface area contributed by atoms with Crippen molar-refractivity contribution in [3.8, 4) is 0 Å². The van der Waals surface area contributed by atoms with Crippen molar-refractivity contribution in [2.75, 3.05) is 20.1 Å². The molecule has 0 spiro atoms. The van der Waals surface area contributed by atoms with Crippen molar-refractivity contribution in [3.63, 3.8) is 0 Å². The van der Waals surface area contributed by atoms with Gasteiger partial charge in [0.25, 0.3) is 0 Å². The Kier molecular flexibility index (Phi) is 4.29. The summed E-state index contributed by atoms with van der Waals surface area (Å²) < 4.78 is 0. The Hall–Kier alpha value is -1.30. The number of hydrogen-bond acceptors (Lipinski definition) is 3. The number of nitrogens with zero attached hydrogens (tertiary/aromatic N) is 2. The van der Waals surface area contributed by atoms with E-state index in [2.05, 4.69) is 10.2 Å². The molecule has 0 bridgehead atoms. The highest BCUT2D eigenvalue weighted by molar-refractivity contribution is 5.82. The van der Waals surface area contributed by atoms with Gasteiger partial charge in [-0.25, -0.2) is 9.59 Å². The van der Waals surface area contributed by atoms with E-state index in [-0.39, 0.29) is 12.1 Å². The van der Waals surface area contributed by atoms with Crippen molar-refractivity contribution < 1.29 is 14.7 Å². The van der Waals surface area contributed by atoms with Crippen molar-refractivity contribution in [1.29, 1.82) is 0 Å². The molecule has 0 aromatic heterocycles. The number of piperidine rings is 1. The van der Waals surface area contributed by atoms with Crippen LogP contribution in [-0.4, -0.2) is 65.2 Å². The molecule has 6 nitrogen and oxygen atoms in total. The van der Waals surface area contributed by atoms with Crippen LogP contribution in [0.1, 0.15) is 32.6 Å². The van der Waals surface area contributed by atoms with E-state index in [0.717, 1.165) is 19.4 Å². The predicted octanol–water partition coefficient (Wildman–Crippen LogP) is 0.728. The van der Waals surface area contributed by atoms with Crippen molar-refractivity contribution in [1.82, 2.24) is 15.1 Å². The molecule has 2 aliphatic heterocycles. The maximum absolute atomic E-state index is 12.0. The molecule has 3 unspecified atom stereocenters. The van der Waals surface area contributed by atoms with Gasteiger partial charge in [-0.15, -0.1) is 0 Å². The van der Waals surface area contributed by atoms with Crippen LogP contribution in [0, 0.1) is 0 Å². The van der Waals surface area contributed by atoms with Crippen molar-refractivity contribution in [2.24, 2.45) is 0 Å². The minimum absolute atomic E-state index is 0.176. The van der Waals surface area contributed by atoms with Crippen molar-refractivity contribution >= 4 is 12.0 Å². The summed E-state index contributed by atoms with van der Waals surface area (Å²) in [5.41, 5.74) is 0. The second-order valence-corrected chi connectivity index (χ2v) is 5.63. The lowest BCUT2D eigenvalue weighted by molar-refractivity contribution is -0.141. The van der Waals surface area contributed by atoms with Crippen LogP contribution < -0.4 is 5.32 Å². The number of carbonyl (C=O) groups is 2. The Bertz CT molecular complexity index is 361. The monoisotopic (exact) mass is 269 g/mol. The van der Waals surface area contributed by atoms with E-state index in [1.165, 1.54) is 38.3 Å². The molecule has 0 aromatic carbocycles. The van der Waals surface area contributed by atoms with Gasteiger partial charge in [0.2, 0.25) is 0 Å². The standard InChI is InChI=1S/C13H23N3O3/c1-9(12(17)18)15(2)13(19)14-10-5-7-16-6-3-4-11(16)8-10/h9-11H,3-8H2,1-2H3,(H,14,19)(H,17,18). The van der Waals surface area contributed by atoms with Gasteiger partial charge in [-0.1, -0.05) is 0 Å². The molecule has 19 heavy (non-hydrogen) atoms. The van der Waals surface area contributed by atoms with Crippen LogP contribution in [0.2, 0.25) is 0 Å². The van der Waals surface area contributed by atoms with Gasteiger partial charge in [-0.2, -0.15) is 0 Å². The van der Waals surface area contributed by atoms with Crippen molar-refractivity contribution in [2.45, 2.75) is 50.7 Å².